The maximum absolute atomic E-state index is 11.0. The number of carbonyl (C=O) groups is 1. The minimum absolute atomic E-state index is 0.0686. The number of carboxylic acid groups (broad SMARTS) is 1. The average molecular weight is 308 g/mol. The smallest absolute Gasteiger partial charge is 0.358 e. The zero-order valence-corrected chi connectivity index (χ0v) is 11.1. The lowest BCUT2D eigenvalue weighted by Crippen LogP contribution is -2.10. The lowest BCUT2D eigenvalue weighted by atomic mass is 10.1. The lowest BCUT2D eigenvalue weighted by molar-refractivity contribution is 0.0691. The monoisotopic (exact) mass is 307 g/mol. The molecular weight excluding hydrogens is 298 g/mol. The number of hydrogen-bond donors (Lipinski definition) is 2. The van der Waals surface area contributed by atoms with Crippen LogP contribution in [-0.4, -0.2) is 21.0 Å². The fourth-order valence-electron chi connectivity index (χ4n) is 1.58. The van der Waals surface area contributed by atoms with E-state index in [2.05, 4.69) is 25.9 Å². The number of nitrogens with two attached hydrogens (primary N) is 1. The van der Waals surface area contributed by atoms with Crippen molar-refractivity contribution < 1.29 is 9.90 Å². The summed E-state index contributed by atoms with van der Waals surface area (Å²) in [7, 11) is 0. The van der Waals surface area contributed by atoms with Crippen LogP contribution < -0.4 is 5.73 Å². The molecule has 1 aromatic carbocycles. The second-order valence-electron chi connectivity index (χ2n) is 3.70. The molecule has 0 aliphatic carbocycles. The van der Waals surface area contributed by atoms with Crippen molar-refractivity contribution in [2.75, 3.05) is 5.73 Å². The Labute approximate surface area is 112 Å². The third-order valence-electron chi connectivity index (χ3n) is 2.42. The minimum Gasteiger partial charge on any atom is -0.476 e. The molecule has 0 unspecified atom stereocenters. The van der Waals surface area contributed by atoms with Crippen molar-refractivity contribution in [3.05, 3.63) is 40.1 Å². The number of aryl methyl sites for hydroxylation is 1. The summed E-state index contributed by atoms with van der Waals surface area (Å²) in [5, 5.41) is 8.98. The van der Waals surface area contributed by atoms with Crippen molar-refractivity contribution >= 4 is 27.7 Å². The molecule has 0 radical (unpaired) electrons. The van der Waals surface area contributed by atoms with E-state index in [1.807, 2.05) is 24.3 Å². The molecule has 0 saturated carbocycles. The van der Waals surface area contributed by atoms with Gasteiger partial charge < -0.3 is 10.8 Å². The van der Waals surface area contributed by atoms with Crippen molar-refractivity contribution in [1.82, 2.24) is 9.97 Å². The summed E-state index contributed by atoms with van der Waals surface area (Å²) in [6.07, 6.45) is 0. The van der Waals surface area contributed by atoms with E-state index in [0.29, 0.717) is 11.4 Å². The van der Waals surface area contributed by atoms with Crippen LogP contribution in [0, 0.1) is 6.92 Å². The molecule has 0 aliphatic heterocycles. The number of nitrogen functional groups attached to an aromatic ring is 1. The van der Waals surface area contributed by atoms with E-state index in [9.17, 15) is 4.79 Å². The number of aromatic carboxylic acids is 1. The Morgan fingerprint density at radius 2 is 1.89 bits per heavy atom. The van der Waals surface area contributed by atoms with Crippen LogP contribution in [-0.2, 0) is 0 Å². The van der Waals surface area contributed by atoms with Gasteiger partial charge in [-0.05, 0) is 19.1 Å². The zero-order chi connectivity index (χ0) is 13.3. The van der Waals surface area contributed by atoms with Crippen LogP contribution in [0.15, 0.2) is 28.7 Å². The van der Waals surface area contributed by atoms with Gasteiger partial charge in [-0.3, -0.25) is 0 Å². The van der Waals surface area contributed by atoms with E-state index >= 15 is 0 Å². The predicted octanol–water partition coefficient (Wildman–Crippen LogP) is 2.49. The first-order chi connectivity index (χ1) is 8.49. The molecule has 0 saturated heterocycles. The van der Waals surface area contributed by atoms with Crippen LogP contribution in [0.3, 0.4) is 0 Å². The summed E-state index contributed by atoms with van der Waals surface area (Å²) in [5.74, 6) is -1.25. The Morgan fingerprint density at radius 3 is 2.44 bits per heavy atom. The largest absolute Gasteiger partial charge is 0.476 e. The highest BCUT2D eigenvalue weighted by molar-refractivity contribution is 9.10. The van der Waals surface area contributed by atoms with E-state index in [0.717, 1.165) is 10.0 Å². The maximum Gasteiger partial charge on any atom is 0.358 e. The number of carboxylic acids is 1. The molecule has 3 N–H and O–H groups in total. The third-order valence-corrected chi connectivity index (χ3v) is 2.95. The molecule has 92 valence electrons. The van der Waals surface area contributed by atoms with Gasteiger partial charge in [-0.1, -0.05) is 28.1 Å². The molecule has 2 rings (SSSR count). The summed E-state index contributed by atoms with van der Waals surface area (Å²) < 4.78 is 0.936. The van der Waals surface area contributed by atoms with Crippen molar-refractivity contribution in [2.45, 2.75) is 6.92 Å². The van der Waals surface area contributed by atoms with E-state index in [-0.39, 0.29) is 11.5 Å². The van der Waals surface area contributed by atoms with Gasteiger partial charge >= 0.3 is 5.97 Å². The predicted molar refractivity (Wildman–Crippen MR) is 71.3 cm³/mol. The van der Waals surface area contributed by atoms with Gasteiger partial charge in [0.1, 0.15) is 0 Å². The summed E-state index contributed by atoms with van der Waals surface area (Å²) >= 11 is 3.34. The first-order valence-corrected chi connectivity index (χ1v) is 5.91. The van der Waals surface area contributed by atoms with Gasteiger partial charge in [0.15, 0.2) is 11.5 Å². The SMILES string of the molecule is Cc1nc(N)c(C(=O)O)nc1-c1ccc(Br)cc1. The van der Waals surface area contributed by atoms with Gasteiger partial charge in [0.05, 0.1) is 11.4 Å². The highest BCUT2D eigenvalue weighted by atomic mass is 79.9. The quantitative estimate of drug-likeness (QED) is 0.889. The second-order valence-corrected chi connectivity index (χ2v) is 4.62. The molecule has 0 fully saturated rings. The summed E-state index contributed by atoms with van der Waals surface area (Å²) in [5.41, 5.74) is 7.22. The first kappa shape index (κ1) is 12.5. The molecule has 5 nitrogen and oxygen atoms in total. The number of halogens is 1. The van der Waals surface area contributed by atoms with Crippen LogP contribution in [0.2, 0.25) is 0 Å². The average Bonchev–Trinajstić information content (AvgIpc) is 2.30. The number of rotatable bonds is 2. The molecule has 1 heterocycles. The number of aromatic nitrogens is 2. The van der Waals surface area contributed by atoms with Gasteiger partial charge in [-0.15, -0.1) is 0 Å². The number of nitrogens with zero attached hydrogens (tertiary/aromatic N) is 2. The Kier molecular flexibility index (Phi) is 3.29. The van der Waals surface area contributed by atoms with Gasteiger partial charge in [0.2, 0.25) is 0 Å². The Balaban J connectivity index is 2.60. The first-order valence-electron chi connectivity index (χ1n) is 5.12. The number of hydrogen-bond acceptors (Lipinski definition) is 4. The normalized spacial score (nSPS) is 10.3. The van der Waals surface area contributed by atoms with Crippen molar-refractivity contribution in [2.24, 2.45) is 0 Å². The fraction of sp³-hybridized carbons (Fsp3) is 0.0833. The summed E-state index contributed by atoms with van der Waals surface area (Å²) in [4.78, 5) is 19.1. The molecule has 1 aromatic heterocycles. The van der Waals surface area contributed by atoms with Crippen molar-refractivity contribution in [3.63, 3.8) is 0 Å². The molecule has 0 amide bonds. The van der Waals surface area contributed by atoms with E-state index < -0.39 is 5.97 Å². The van der Waals surface area contributed by atoms with Crippen LogP contribution in [0.5, 0.6) is 0 Å². The van der Waals surface area contributed by atoms with Crippen LogP contribution in [0.1, 0.15) is 16.2 Å². The Hall–Kier alpha value is -1.95. The Bertz CT molecular complexity index is 611. The van der Waals surface area contributed by atoms with Gasteiger partial charge in [-0.2, -0.15) is 0 Å². The second kappa shape index (κ2) is 4.73. The summed E-state index contributed by atoms with van der Waals surface area (Å²) in [6, 6.07) is 7.38. The van der Waals surface area contributed by atoms with E-state index in [4.69, 9.17) is 10.8 Å². The minimum atomic E-state index is -1.18. The Morgan fingerprint density at radius 1 is 1.28 bits per heavy atom. The van der Waals surface area contributed by atoms with E-state index in [1.54, 1.807) is 6.92 Å². The molecule has 0 bridgehead atoms. The molecule has 2 aromatic rings. The molecule has 0 atom stereocenters. The van der Waals surface area contributed by atoms with Gasteiger partial charge in [-0.25, -0.2) is 14.8 Å². The highest BCUT2D eigenvalue weighted by Crippen LogP contribution is 2.24. The molecule has 18 heavy (non-hydrogen) atoms. The highest BCUT2D eigenvalue weighted by Gasteiger charge is 2.15. The van der Waals surface area contributed by atoms with Gasteiger partial charge in [0.25, 0.3) is 0 Å². The molecule has 0 spiro atoms. The molecular formula is C12H10BrN3O2. The van der Waals surface area contributed by atoms with Crippen LogP contribution in [0.4, 0.5) is 5.82 Å². The topological polar surface area (TPSA) is 89.1 Å². The van der Waals surface area contributed by atoms with Crippen LogP contribution in [0.25, 0.3) is 11.3 Å². The molecule has 6 heteroatoms. The fourth-order valence-corrected chi connectivity index (χ4v) is 1.84. The van der Waals surface area contributed by atoms with Gasteiger partial charge in [0, 0.05) is 10.0 Å². The number of benzene rings is 1. The van der Waals surface area contributed by atoms with Crippen molar-refractivity contribution in [1.29, 1.82) is 0 Å². The van der Waals surface area contributed by atoms with Crippen LogP contribution >= 0.6 is 15.9 Å². The lowest BCUT2D eigenvalue weighted by Gasteiger charge is -2.07. The zero-order valence-electron chi connectivity index (χ0n) is 9.51. The standard InChI is InChI=1S/C12H10BrN3O2/c1-6-9(7-2-4-8(13)5-3-7)16-10(12(17)18)11(14)15-6/h2-5H,1H3,(H2,14,15)(H,17,18). The summed E-state index contributed by atoms with van der Waals surface area (Å²) in [6.45, 7) is 1.74. The third kappa shape index (κ3) is 2.33. The van der Waals surface area contributed by atoms with E-state index in [1.165, 1.54) is 0 Å². The van der Waals surface area contributed by atoms with Crippen molar-refractivity contribution in [3.8, 4) is 11.3 Å². The maximum atomic E-state index is 11.0. The molecule has 0 aliphatic rings. The number of anilines is 1.